The molecule has 3 aromatic rings. The molecule has 53 heavy (non-hydrogen) atoms. The number of hydrogen-bond donors (Lipinski definition) is 0. The number of fused-ring (bicyclic) bond motifs is 2. The molecule has 2 saturated carbocycles. The predicted octanol–water partition coefficient (Wildman–Crippen LogP) is 9.21. The lowest BCUT2D eigenvalue weighted by Gasteiger charge is -2.34. The van der Waals surface area contributed by atoms with Gasteiger partial charge in [-0.3, -0.25) is 0 Å². The van der Waals surface area contributed by atoms with E-state index < -0.39 is 71.8 Å². The Morgan fingerprint density at radius 2 is 1.21 bits per heavy atom. The molecule has 3 aromatic carbocycles. The highest BCUT2D eigenvalue weighted by Crippen LogP contribution is 2.55. The van der Waals surface area contributed by atoms with Gasteiger partial charge >= 0.3 is 45.1 Å². The van der Waals surface area contributed by atoms with Crippen molar-refractivity contribution >= 4 is 31.1 Å². The minimum atomic E-state index is -7.43. The Morgan fingerprint density at radius 1 is 0.679 bits per heavy atom. The van der Waals surface area contributed by atoms with Gasteiger partial charge in [0.25, 0.3) is 0 Å². The van der Waals surface area contributed by atoms with Crippen molar-refractivity contribution in [2.24, 2.45) is 11.8 Å². The number of alkyl halides is 13. The van der Waals surface area contributed by atoms with E-state index in [9.17, 15) is 78.5 Å². The van der Waals surface area contributed by atoms with E-state index in [1.54, 1.807) is 12.1 Å². The number of para-hydroxylation sites is 1. The third-order valence-electron chi connectivity index (χ3n) is 8.55. The van der Waals surface area contributed by atoms with Gasteiger partial charge in [0.05, 0.1) is 0 Å². The van der Waals surface area contributed by atoms with Gasteiger partial charge in [0, 0.05) is 0 Å². The van der Waals surface area contributed by atoms with Crippen LogP contribution < -0.4 is 4.18 Å². The zero-order valence-corrected chi connectivity index (χ0v) is 28.7. The molecule has 4 atom stereocenters. The molecule has 2 bridgehead atoms. The van der Waals surface area contributed by atoms with Crippen LogP contribution in [0.25, 0.3) is 0 Å². The summed E-state index contributed by atoms with van der Waals surface area (Å²) in [6.07, 6.45) is -6.54. The molecule has 0 aromatic heterocycles. The van der Waals surface area contributed by atoms with Crippen LogP contribution in [0.5, 0.6) is 5.75 Å². The van der Waals surface area contributed by atoms with E-state index in [0.29, 0.717) is 16.7 Å². The van der Waals surface area contributed by atoms with Crippen LogP contribution in [-0.2, 0) is 31.1 Å². The summed E-state index contributed by atoms with van der Waals surface area (Å²) in [5, 5.41) is -12.5. The quantitative estimate of drug-likeness (QED) is 0.0827. The molecule has 0 radical (unpaired) electrons. The molecule has 2 aliphatic carbocycles. The van der Waals surface area contributed by atoms with Crippen molar-refractivity contribution in [3.63, 3.8) is 0 Å². The van der Waals surface area contributed by atoms with Gasteiger partial charge in [-0.25, -0.2) is 17.2 Å². The third-order valence-corrected chi connectivity index (χ3v) is 12.9. The summed E-state index contributed by atoms with van der Waals surface area (Å²) in [6.45, 7) is 0. The molecule has 2 aliphatic rings. The van der Waals surface area contributed by atoms with Gasteiger partial charge in [0.15, 0.2) is 25.7 Å². The van der Waals surface area contributed by atoms with E-state index in [-0.39, 0.29) is 0 Å². The molecule has 0 spiro atoms. The molecule has 22 heteroatoms. The summed E-state index contributed by atoms with van der Waals surface area (Å²) in [7, 11) is -14.3. The molecule has 294 valence electrons. The van der Waals surface area contributed by atoms with E-state index >= 15 is 0 Å². The number of halogens is 13. The fourth-order valence-corrected chi connectivity index (χ4v) is 9.29. The van der Waals surface area contributed by atoms with Crippen molar-refractivity contribution < 1.29 is 82.6 Å². The largest absolute Gasteiger partial charge is 0.743 e. The van der Waals surface area contributed by atoms with E-state index in [4.69, 9.17) is 0 Å². The van der Waals surface area contributed by atoms with E-state index in [0.717, 1.165) is 15.7 Å². The normalized spacial score (nSPS) is 20.5. The molecular formula is C31H25F13O6S3. The Bertz CT molecular complexity index is 1960. The lowest BCUT2D eigenvalue weighted by atomic mass is 9.83. The van der Waals surface area contributed by atoms with Crippen molar-refractivity contribution in [3.05, 3.63) is 84.4 Å². The molecule has 0 aliphatic heterocycles. The van der Waals surface area contributed by atoms with Crippen LogP contribution in [0.4, 0.5) is 57.1 Å². The lowest BCUT2D eigenvalue weighted by molar-refractivity contribution is -0.382. The molecule has 5 rings (SSSR count). The Hall–Kier alpha value is -3.24. The zero-order chi connectivity index (χ0) is 40.0. The standard InChI is InChI=1S/C27H25F4O3S2.C4HF9O3S/c28-26(29)27(30,31)36(32,33)34-24-8-4-5-9-25(24)35(21-6-2-1-3-7-21)22-14-12-19(13-15-22)23-17-18-10-11-20(23)16-18;5-1(6,3(9,10)11)2(7,8)4(12,13)17(14,15)16/h1-9,12-15,18,20,23,26H,10-11,16-17H2;(H,14,15,16)/q+1;/p-1. The maximum Gasteiger partial charge on any atom is 0.460 e. The second kappa shape index (κ2) is 14.8. The van der Waals surface area contributed by atoms with Crippen LogP contribution in [0.15, 0.2) is 93.5 Å². The van der Waals surface area contributed by atoms with E-state index in [1.807, 2.05) is 42.5 Å². The Morgan fingerprint density at radius 3 is 1.68 bits per heavy atom. The zero-order valence-electron chi connectivity index (χ0n) is 26.2. The first-order valence-corrected chi connectivity index (χ1v) is 19.0. The summed E-state index contributed by atoms with van der Waals surface area (Å²) in [4.78, 5) is 1.95. The van der Waals surface area contributed by atoms with Gasteiger partial charge in [-0.1, -0.05) is 48.9 Å². The summed E-state index contributed by atoms with van der Waals surface area (Å²) < 4.78 is 218. The van der Waals surface area contributed by atoms with E-state index in [1.165, 1.54) is 43.4 Å². The maximum atomic E-state index is 13.8. The van der Waals surface area contributed by atoms with E-state index in [2.05, 4.69) is 16.3 Å². The monoisotopic (exact) mass is 836 g/mol. The molecule has 0 amide bonds. The lowest BCUT2D eigenvalue weighted by Crippen LogP contribution is -2.63. The summed E-state index contributed by atoms with van der Waals surface area (Å²) >= 11 is 0. The van der Waals surface area contributed by atoms with Gasteiger partial charge in [-0.15, -0.1) is 0 Å². The van der Waals surface area contributed by atoms with Crippen molar-refractivity contribution in [3.8, 4) is 5.75 Å². The third kappa shape index (κ3) is 8.10. The second-order valence-electron chi connectivity index (χ2n) is 11.9. The average molecular weight is 837 g/mol. The topological polar surface area (TPSA) is 101 Å². The average Bonchev–Trinajstić information content (AvgIpc) is 3.70. The number of rotatable bonds is 11. The minimum absolute atomic E-state index is 0.310. The molecule has 0 saturated heterocycles. The smallest absolute Gasteiger partial charge is 0.460 e. The highest BCUT2D eigenvalue weighted by atomic mass is 32.2. The predicted molar refractivity (Wildman–Crippen MR) is 161 cm³/mol. The first-order chi connectivity index (χ1) is 24.2. The first-order valence-electron chi connectivity index (χ1n) is 14.9. The fourth-order valence-electron chi connectivity index (χ4n) is 5.94. The number of benzene rings is 3. The Labute approximate surface area is 296 Å². The molecule has 2 fully saturated rings. The molecule has 0 heterocycles. The van der Waals surface area contributed by atoms with Crippen LogP contribution in [-0.4, -0.2) is 56.3 Å². The van der Waals surface area contributed by atoms with Gasteiger partial charge in [0.1, 0.15) is 10.9 Å². The van der Waals surface area contributed by atoms with Crippen LogP contribution in [0.1, 0.15) is 37.2 Å². The van der Waals surface area contributed by atoms with Gasteiger partial charge < -0.3 is 8.74 Å². The molecular weight excluding hydrogens is 812 g/mol. The van der Waals surface area contributed by atoms with Crippen molar-refractivity contribution in [2.75, 3.05) is 0 Å². The van der Waals surface area contributed by atoms with Crippen LogP contribution in [0.3, 0.4) is 0 Å². The molecule has 4 unspecified atom stereocenters. The summed E-state index contributed by atoms with van der Waals surface area (Å²) in [5.41, 5.74) is 1.27. The van der Waals surface area contributed by atoms with Crippen molar-refractivity contribution in [2.45, 2.75) is 81.2 Å². The highest BCUT2D eigenvalue weighted by molar-refractivity contribution is 7.97. The van der Waals surface area contributed by atoms with Crippen LogP contribution in [0, 0.1) is 11.8 Å². The van der Waals surface area contributed by atoms with Gasteiger partial charge in [0.2, 0.25) is 4.90 Å². The van der Waals surface area contributed by atoms with Crippen molar-refractivity contribution in [1.29, 1.82) is 0 Å². The SMILES string of the molecule is O=S(=O)(Oc1ccccc1[S+](c1ccccc1)c1ccc(C2CC3CCC2C3)cc1)C(F)(F)C(F)F.O=S(=O)([O-])C(F)(F)C(F)(F)C(F)(F)C(F)(F)F. The molecule has 0 N–H and O–H groups in total. The molecule has 6 nitrogen and oxygen atoms in total. The summed E-state index contributed by atoms with van der Waals surface area (Å²) in [5.74, 6) is -13.2. The number of hydrogen-bond acceptors (Lipinski definition) is 6. The fraction of sp³-hybridized carbons (Fsp3) is 0.419. The Kier molecular flexibility index (Phi) is 11.8. The second-order valence-corrected chi connectivity index (χ2v) is 17.0. The van der Waals surface area contributed by atoms with Gasteiger partial charge in [-0.05, 0) is 79.0 Å². The minimum Gasteiger partial charge on any atom is -0.743 e. The van der Waals surface area contributed by atoms with Crippen molar-refractivity contribution in [1.82, 2.24) is 0 Å². The van der Waals surface area contributed by atoms with Crippen LogP contribution in [0.2, 0.25) is 0 Å². The maximum absolute atomic E-state index is 13.8. The first kappa shape index (κ1) is 42.5. The summed E-state index contributed by atoms with van der Waals surface area (Å²) in [6, 6.07) is 23.2. The Balaban J connectivity index is 0.000000313. The van der Waals surface area contributed by atoms with Crippen LogP contribution >= 0.6 is 0 Å². The highest BCUT2D eigenvalue weighted by Gasteiger charge is 2.83. The van der Waals surface area contributed by atoms with Gasteiger partial charge in [-0.2, -0.15) is 56.7 Å².